The quantitative estimate of drug-likeness (QED) is 0.812. The van der Waals surface area contributed by atoms with Crippen molar-refractivity contribution in [2.75, 3.05) is 13.7 Å². The van der Waals surface area contributed by atoms with Crippen LogP contribution in [0.3, 0.4) is 0 Å². The number of sulfonamides is 1. The van der Waals surface area contributed by atoms with Crippen molar-refractivity contribution in [3.05, 3.63) is 48.4 Å². The number of aliphatic hydroxyl groups excluding tert-OH is 1. The molecule has 2 N–H and O–H groups in total. The number of hydrogen-bond donors (Lipinski definition) is 2. The molecule has 0 bridgehead atoms. The number of ether oxygens (including phenoxy) is 1. The van der Waals surface area contributed by atoms with Crippen molar-refractivity contribution < 1.29 is 22.7 Å². The highest BCUT2D eigenvalue weighted by molar-refractivity contribution is 7.89. The van der Waals surface area contributed by atoms with Gasteiger partial charge in [0.05, 0.1) is 30.6 Å². The monoisotopic (exact) mass is 311 g/mol. The first-order valence-corrected chi connectivity index (χ1v) is 7.85. The molecule has 0 spiro atoms. The lowest BCUT2D eigenvalue weighted by Gasteiger charge is -2.10. The molecule has 0 aliphatic rings. The lowest BCUT2D eigenvalue weighted by Crippen LogP contribution is -2.25. The average molecular weight is 311 g/mol. The van der Waals surface area contributed by atoms with E-state index in [1.165, 1.54) is 31.8 Å². The zero-order chi connectivity index (χ0) is 15.3. The van der Waals surface area contributed by atoms with Crippen molar-refractivity contribution >= 4 is 10.0 Å². The number of furan rings is 1. The lowest BCUT2D eigenvalue weighted by atomic mass is 10.1. The standard InChI is InChI=1S/C14H17NO5S/c1-19-12-3-2-4-13(9-12)21(17,18)15-7-5-14(16)11-6-8-20-10-11/h2-4,6,8-10,14-16H,5,7H2,1H3/t14-/m0/s1. The third-order valence-electron chi connectivity index (χ3n) is 2.99. The second-order valence-electron chi connectivity index (χ2n) is 4.44. The van der Waals surface area contributed by atoms with Crippen LogP contribution in [0, 0.1) is 0 Å². The normalized spacial score (nSPS) is 13.0. The van der Waals surface area contributed by atoms with Crippen molar-refractivity contribution in [1.29, 1.82) is 0 Å². The van der Waals surface area contributed by atoms with E-state index in [4.69, 9.17) is 9.15 Å². The van der Waals surface area contributed by atoms with Crippen LogP contribution in [0.25, 0.3) is 0 Å². The van der Waals surface area contributed by atoms with Gasteiger partial charge in [-0.1, -0.05) is 6.07 Å². The Morgan fingerprint density at radius 1 is 1.38 bits per heavy atom. The van der Waals surface area contributed by atoms with Crippen LogP contribution < -0.4 is 9.46 Å². The van der Waals surface area contributed by atoms with Crippen molar-refractivity contribution in [3.8, 4) is 5.75 Å². The van der Waals surface area contributed by atoms with E-state index < -0.39 is 16.1 Å². The molecule has 0 unspecified atom stereocenters. The first-order valence-electron chi connectivity index (χ1n) is 6.37. The Balaban J connectivity index is 1.95. The molecule has 0 amide bonds. The molecule has 0 fully saturated rings. The number of benzene rings is 1. The van der Waals surface area contributed by atoms with Crippen molar-refractivity contribution in [3.63, 3.8) is 0 Å². The Hall–Kier alpha value is -1.83. The average Bonchev–Trinajstić information content (AvgIpc) is 3.01. The van der Waals surface area contributed by atoms with E-state index in [0.29, 0.717) is 11.3 Å². The van der Waals surface area contributed by atoms with Gasteiger partial charge >= 0.3 is 0 Å². The van der Waals surface area contributed by atoms with Crippen LogP contribution in [-0.4, -0.2) is 27.2 Å². The topological polar surface area (TPSA) is 88.8 Å². The summed E-state index contributed by atoms with van der Waals surface area (Å²) in [4.78, 5) is 0.125. The molecule has 6 nitrogen and oxygen atoms in total. The smallest absolute Gasteiger partial charge is 0.240 e. The highest BCUT2D eigenvalue weighted by Gasteiger charge is 2.16. The molecule has 2 rings (SSSR count). The lowest BCUT2D eigenvalue weighted by molar-refractivity contribution is 0.168. The number of rotatable bonds is 7. The minimum Gasteiger partial charge on any atom is -0.497 e. The summed E-state index contributed by atoms with van der Waals surface area (Å²) in [7, 11) is -2.15. The molecule has 114 valence electrons. The summed E-state index contributed by atoms with van der Waals surface area (Å²) in [5.74, 6) is 0.469. The van der Waals surface area contributed by atoms with E-state index in [1.54, 1.807) is 18.2 Å². The molecule has 0 radical (unpaired) electrons. The zero-order valence-corrected chi connectivity index (χ0v) is 12.3. The zero-order valence-electron chi connectivity index (χ0n) is 11.5. The van der Waals surface area contributed by atoms with E-state index >= 15 is 0 Å². The minimum atomic E-state index is -3.62. The van der Waals surface area contributed by atoms with Gasteiger partial charge in [-0.15, -0.1) is 0 Å². The fourth-order valence-corrected chi connectivity index (χ4v) is 2.90. The number of hydrogen-bond acceptors (Lipinski definition) is 5. The first kappa shape index (κ1) is 15.6. The van der Waals surface area contributed by atoms with Gasteiger partial charge in [0.15, 0.2) is 0 Å². The third kappa shape index (κ3) is 4.07. The molecule has 7 heteroatoms. The Labute approximate surface area is 123 Å². The summed E-state index contributed by atoms with van der Waals surface area (Å²) in [6.07, 6.45) is 2.37. The molecule has 1 atom stereocenters. The fraction of sp³-hybridized carbons (Fsp3) is 0.286. The van der Waals surface area contributed by atoms with Crippen LogP contribution in [-0.2, 0) is 10.0 Å². The largest absolute Gasteiger partial charge is 0.497 e. The van der Waals surface area contributed by atoms with Crippen LogP contribution in [0.4, 0.5) is 0 Å². The van der Waals surface area contributed by atoms with Crippen LogP contribution >= 0.6 is 0 Å². The molecule has 0 saturated carbocycles. The van der Waals surface area contributed by atoms with Gasteiger partial charge in [-0.05, 0) is 24.6 Å². The molecule has 1 heterocycles. The molecule has 21 heavy (non-hydrogen) atoms. The van der Waals surface area contributed by atoms with Gasteiger partial charge in [-0.3, -0.25) is 0 Å². The molecule has 1 aromatic carbocycles. The van der Waals surface area contributed by atoms with Crippen LogP contribution in [0.5, 0.6) is 5.75 Å². The maximum atomic E-state index is 12.1. The van der Waals surface area contributed by atoms with Crippen molar-refractivity contribution in [2.24, 2.45) is 0 Å². The van der Waals surface area contributed by atoms with Gasteiger partial charge < -0.3 is 14.3 Å². The van der Waals surface area contributed by atoms with E-state index in [-0.39, 0.29) is 17.9 Å². The maximum Gasteiger partial charge on any atom is 0.240 e. The predicted molar refractivity (Wildman–Crippen MR) is 76.5 cm³/mol. The van der Waals surface area contributed by atoms with Gasteiger partial charge in [0.2, 0.25) is 10.0 Å². The van der Waals surface area contributed by atoms with Crippen LogP contribution in [0.2, 0.25) is 0 Å². The molecule has 1 aromatic heterocycles. The van der Waals surface area contributed by atoms with Gasteiger partial charge in [0.25, 0.3) is 0 Å². The Bertz CT molecular complexity index is 666. The number of methoxy groups -OCH3 is 1. The third-order valence-corrected chi connectivity index (χ3v) is 4.45. The van der Waals surface area contributed by atoms with Crippen molar-refractivity contribution in [2.45, 2.75) is 17.4 Å². The molecule has 2 aromatic rings. The predicted octanol–water partition coefficient (Wildman–Crippen LogP) is 1.69. The summed E-state index contributed by atoms with van der Waals surface area (Å²) in [5, 5.41) is 9.84. The molecular weight excluding hydrogens is 294 g/mol. The minimum absolute atomic E-state index is 0.117. The van der Waals surface area contributed by atoms with Crippen LogP contribution in [0.15, 0.2) is 52.2 Å². The number of aliphatic hydroxyl groups is 1. The molecule has 0 aliphatic carbocycles. The Morgan fingerprint density at radius 3 is 2.86 bits per heavy atom. The highest BCUT2D eigenvalue weighted by atomic mass is 32.2. The van der Waals surface area contributed by atoms with Crippen molar-refractivity contribution in [1.82, 2.24) is 4.72 Å². The van der Waals surface area contributed by atoms with Gasteiger partial charge in [-0.25, -0.2) is 13.1 Å². The molecule has 0 aliphatic heterocycles. The van der Waals surface area contributed by atoms with E-state index in [0.717, 1.165) is 0 Å². The highest BCUT2D eigenvalue weighted by Crippen LogP contribution is 2.18. The maximum absolute atomic E-state index is 12.1. The summed E-state index contributed by atoms with van der Waals surface area (Å²) >= 11 is 0. The summed E-state index contributed by atoms with van der Waals surface area (Å²) < 4.78 is 36.5. The first-order chi connectivity index (χ1) is 10.0. The van der Waals surface area contributed by atoms with Gasteiger partial charge in [0.1, 0.15) is 5.75 Å². The SMILES string of the molecule is COc1cccc(S(=O)(=O)NCC[C@H](O)c2ccoc2)c1. The van der Waals surface area contributed by atoms with E-state index in [9.17, 15) is 13.5 Å². The summed E-state index contributed by atoms with van der Waals surface area (Å²) in [6, 6.07) is 7.84. The molecular formula is C14H17NO5S. The van der Waals surface area contributed by atoms with Gasteiger partial charge in [0, 0.05) is 18.2 Å². The van der Waals surface area contributed by atoms with Crippen LogP contribution in [0.1, 0.15) is 18.1 Å². The second kappa shape index (κ2) is 6.75. The summed E-state index contributed by atoms with van der Waals surface area (Å²) in [6.45, 7) is 0.117. The summed E-state index contributed by atoms with van der Waals surface area (Å²) in [5.41, 5.74) is 0.621. The van der Waals surface area contributed by atoms with E-state index in [1.807, 2.05) is 0 Å². The fourth-order valence-electron chi connectivity index (χ4n) is 1.81. The Kier molecular flexibility index (Phi) is 5.00. The molecule has 0 saturated heterocycles. The Morgan fingerprint density at radius 2 is 2.19 bits per heavy atom. The second-order valence-corrected chi connectivity index (χ2v) is 6.20. The van der Waals surface area contributed by atoms with Gasteiger partial charge in [-0.2, -0.15) is 0 Å². The van der Waals surface area contributed by atoms with E-state index in [2.05, 4.69) is 4.72 Å². The number of nitrogens with one attached hydrogen (secondary N) is 1.